The second-order valence-electron chi connectivity index (χ2n) is 6.09. The van der Waals surface area contributed by atoms with Gasteiger partial charge in [0.1, 0.15) is 5.82 Å². The van der Waals surface area contributed by atoms with Gasteiger partial charge >= 0.3 is 0 Å². The molecule has 1 saturated heterocycles. The summed E-state index contributed by atoms with van der Waals surface area (Å²) in [5.41, 5.74) is 0.740. The Kier molecular flexibility index (Phi) is 3.19. The monoisotopic (exact) mass is 262 g/mol. The lowest BCUT2D eigenvalue weighted by Crippen LogP contribution is -2.52. The lowest BCUT2D eigenvalue weighted by Gasteiger charge is -2.40. The van der Waals surface area contributed by atoms with Gasteiger partial charge in [-0.25, -0.2) is 4.98 Å². The van der Waals surface area contributed by atoms with Crippen LogP contribution in [0.1, 0.15) is 44.1 Å². The number of H-pyrrole nitrogens is 1. The SMILES string of the molecule is CC(C)(c1nc(C2CC2)cc(=O)[nH]1)N1CCNCC1. The molecule has 5 heteroatoms. The Morgan fingerprint density at radius 2 is 2.00 bits per heavy atom. The molecule has 104 valence electrons. The Bertz CT molecular complexity index is 512. The molecule has 0 atom stereocenters. The van der Waals surface area contributed by atoms with Crippen LogP contribution in [0.3, 0.4) is 0 Å². The molecule has 1 aliphatic carbocycles. The number of aromatic amines is 1. The molecule has 0 spiro atoms. The van der Waals surface area contributed by atoms with E-state index in [9.17, 15) is 4.79 Å². The van der Waals surface area contributed by atoms with Crippen molar-refractivity contribution in [1.29, 1.82) is 0 Å². The van der Waals surface area contributed by atoms with Crippen LogP contribution >= 0.6 is 0 Å². The van der Waals surface area contributed by atoms with Crippen LogP contribution in [0.25, 0.3) is 0 Å². The predicted molar refractivity (Wildman–Crippen MR) is 74.3 cm³/mol. The third kappa shape index (κ3) is 2.58. The van der Waals surface area contributed by atoms with Gasteiger partial charge < -0.3 is 10.3 Å². The van der Waals surface area contributed by atoms with Crippen LogP contribution in [0.15, 0.2) is 10.9 Å². The second-order valence-corrected chi connectivity index (χ2v) is 6.09. The molecule has 2 fully saturated rings. The molecule has 0 amide bonds. The molecule has 2 aliphatic rings. The highest BCUT2D eigenvalue weighted by atomic mass is 16.1. The smallest absolute Gasteiger partial charge is 0.251 e. The first-order valence-corrected chi connectivity index (χ1v) is 7.15. The maximum Gasteiger partial charge on any atom is 0.251 e. The number of hydrogen-bond acceptors (Lipinski definition) is 4. The van der Waals surface area contributed by atoms with Crippen molar-refractivity contribution < 1.29 is 0 Å². The first-order chi connectivity index (χ1) is 9.07. The number of rotatable bonds is 3. The number of nitrogens with one attached hydrogen (secondary N) is 2. The molecular formula is C14H22N4O. The Balaban J connectivity index is 1.92. The Hall–Kier alpha value is -1.20. The molecule has 5 nitrogen and oxygen atoms in total. The van der Waals surface area contributed by atoms with E-state index < -0.39 is 0 Å². The van der Waals surface area contributed by atoms with E-state index in [2.05, 4.69) is 29.0 Å². The van der Waals surface area contributed by atoms with E-state index in [1.807, 2.05) is 0 Å². The molecule has 2 heterocycles. The summed E-state index contributed by atoms with van der Waals surface area (Å²) in [6.45, 7) is 8.27. The summed E-state index contributed by atoms with van der Waals surface area (Å²) < 4.78 is 0. The van der Waals surface area contributed by atoms with Crippen molar-refractivity contribution in [3.63, 3.8) is 0 Å². The molecule has 1 saturated carbocycles. The molecule has 1 aromatic heterocycles. The van der Waals surface area contributed by atoms with Gasteiger partial charge in [0.2, 0.25) is 0 Å². The highest BCUT2D eigenvalue weighted by Crippen LogP contribution is 2.39. The Morgan fingerprint density at radius 1 is 1.32 bits per heavy atom. The summed E-state index contributed by atoms with van der Waals surface area (Å²) in [7, 11) is 0. The van der Waals surface area contributed by atoms with Crippen molar-refractivity contribution in [2.45, 2.75) is 38.1 Å². The summed E-state index contributed by atoms with van der Waals surface area (Å²) >= 11 is 0. The fourth-order valence-corrected chi connectivity index (χ4v) is 2.73. The molecule has 0 aromatic carbocycles. The van der Waals surface area contributed by atoms with Crippen molar-refractivity contribution in [2.75, 3.05) is 26.2 Å². The van der Waals surface area contributed by atoms with Crippen molar-refractivity contribution in [2.24, 2.45) is 0 Å². The number of piperazine rings is 1. The van der Waals surface area contributed by atoms with Gasteiger partial charge in [0.05, 0.1) is 11.2 Å². The van der Waals surface area contributed by atoms with Crippen molar-refractivity contribution >= 4 is 0 Å². The van der Waals surface area contributed by atoms with Gasteiger partial charge in [0, 0.05) is 38.2 Å². The fraction of sp³-hybridized carbons (Fsp3) is 0.714. The lowest BCUT2D eigenvalue weighted by molar-refractivity contribution is 0.0943. The first-order valence-electron chi connectivity index (χ1n) is 7.15. The second kappa shape index (κ2) is 4.72. The van der Waals surface area contributed by atoms with Gasteiger partial charge in [-0.1, -0.05) is 0 Å². The highest BCUT2D eigenvalue weighted by molar-refractivity contribution is 5.17. The summed E-state index contributed by atoms with van der Waals surface area (Å²) in [4.78, 5) is 21.9. The van der Waals surface area contributed by atoms with Crippen LogP contribution in [0.5, 0.6) is 0 Å². The van der Waals surface area contributed by atoms with Crippen LogP contribution in [0.4, 0.5) is 0 Å². The normalized spacial score (nSPS) is 21.6. The first kappa shape index (κ1) is 12.8. The van der Waals surface area contributed by atoms with Gasteiger partial charge in [-0.05, 0) is 26.7 Å². The van der Waals surface area contributed by atoms with E-state index in [-0.39, 0.29) is 11.1 Å². The van der Waals surface area contributed by atoms with E-state index in [1.165, 1.54) is 12.8 Å². The third-order valence-electron chi connectivity index (χ3n) is 4.24. The minimum atomic E-state index is -0.216. The molecule has 2 N–H and O–H groups in total. The summed E-state index contributed by atoms with van der Waals surface area (Å²) in [6, 6.07) is 1.66. The van der Waals surface area contributed by atoms with E-state index in [4.69, 9.17) is 4.98 Å². The fourth-order valence-electron chi connectivity index (χ4n) is 2.73. The molecule has 1 aliphatic heterocycles. The van der Waals surface area contributed by atoms with Crippen LogP contribution < -0.4 is 10.9 Å². The molecule has 3 rings (SSSR count). The van der Waals surface area contributed by atoms with E-state index in [0.717, 1.165) is 37.7 Å². The highest BCUT2D eigenvalue weighted by Gasteiger charge is 2.34. The predicted octanol–water partition coefficient (Wildman–Crippen LogP) is 0.788. The van der Waals surface area contributed by atoms with Crippen LogP contribution in [0.2, 0.25) is 0 Å². The maximum absolute atomic E-state index is 11.8. The molecule has 0 unspecified atom stereocenters. The summed E-state index contributed by atoms with van der Waals surface area (Å²) in [6.07, 6.45) is 2.34. The van der Waals surface area contributed by atoms with E-state index >= 15 is 0 Å². The number of hydrogen-bond donors (Lipinski definition) is 2. The minimum Gasteiger partial charge on any atom is -0.314 e. The zero-order valence-corrected chi connectivity index (χ0v) is 11.7. The zero-order valence-electron chi connectivity index (χ0n) is 11.7. The van der Waals surface area contributed by atoms with Crippen molar-refractivity contribution in [3.8, 4) is 0 Å². The Morgan fingerprint density at radius 3 is 2.63 bits per heavy atom. The zero-order chi connectivity index (χ0) is 13.5. The average molecular weight is 262 g/mol. The number of aromatic nitrogens is 2. The van der Waals surface area contributed by atoms with Gasteiger partial charge in [-0.3, -0.25) is 9.69 Å². The van der Waals surface area contributed by atoms with Crippen molar-refractivity contribution in [3.05, 3.63) is 27.9 Å². The van der Waals surface area contributed by atoms with Gasteiger partial charge in [0.15, 0.2) is 0 Å². The molecule has 19 heavy (non-hydrogen) atoms. The van der Waals surface area contributed by atoms with Crippen LogP contribution in [0, 0.1) is 0 Å². The number of nitrogens with zero attached hydrogens (tertiary/aromatic N) is 2. The lowest BCUT2D eigenvalue weighted by atomic mass is 10.00. The Labute approximate surface area is 113 Å². The minimum absolute atomic E-state index is 0.0184. The summed E-state index contributed by atoms with van der Waals surface area (Å²) in [5.74, 6) is 1.32. The standard InChI is InChI=1S/C14H22N4O/c1-14(2,18-7-5-15-6-8-18)13-16-11(10-3-4-10)9-12(19)17-13/h9-10,15H,3-8H2,1-2H3,(H,16,17,19). The third-order valence-corrected chi connectivity index (χ3v) is 4.24. The summed E-state index contributed by atoms with van der Waals surface area (Å²) in [5, 5.41) is 3.36. The molecular weight excluding hydrogens is 240 g/mol. The van der Waals surface area contributed by atoms with Gasteiger partial charge in [0.25, 0.3) is 5.56 Å². The quantitative estimate of drug-likeness (QED) is 0.845. The van der Waals surface area contributed by atoms with Crippen LogP contribution in [-0.2, 0) is 5.54 Å². The van der Waals surface area contributed by atoms with Crippen LogP contribution in [-0.4, -0.2) is 41.0 Å². The molecule has 0 bridgehead atoms. The molecule has 0 radical (unpaired) electrons. The van der Waals surface area contributed by atoms with E-state index in [0.29, 0.717) is 5.92 Å². The largest absolute Gasteiger partial charge is 0.314 e. The van der Waals surface area contributed by atoms with Gasteiger partial charge in [-0.15, -0.1) is 0 Å². The average Bonchev–Trinajstić information content (AvgIpc) is 3.23. The van der Waals surface area contributed by atoms with E-state index in [1.54, 1.807) is 6.07 Å². The maximum atomic E-state index is 11.8. The van der Waals surface area contributed by atoms with Gasteiger partial charge in [-0.2, -0.15) is 0 Å². The van der Waals surface area contributed by atoms with Crippen molar-refractivity contribution in [1.82, 2.24) is 20.2 Å². The topological polar surface area (TPSA) is 61.0 Å². The molecule has 1 aromatic rings.